The molecule has 2 heteroatoms. The zero-order valence-electron chi connectivity index (χ0n) is 24.3. The fraction of sp³-hybridized carbons (Fsp3) is 0.0476. The molecule has 44 heavy (non-hydrogen) atoms. The Kier molecular flexibility index (Phi) is 5.67. The lowest BCUT2D eigenvalue weighted by atomic mass is 9.87. The Morgan fingerprint density at radius 3 is 1.70 bits per heavy atom. The molecule has 2 nitrogen and oxygen atoms in total. The number of aromatic nitrogens is 2. The lowest BCUT2D eigenvalue weighted by Gasteiger charge is -2.19. The number of hydrogen-bond acceptors (Lipinski definition) is 0. The molecule has 0 aliphatic heterocycles. The average molecular weight is 563 g/mol. The third kappa shape index (κ3) is 3.88. The molecule has 0 saturated carbocycles. The van der Waals surface area contributed by atoms with Crippen LogP contribution in [0.15, 0.2) is 164 Å². The fourth-order valence-electron chi connectivity index (χ4n) is 7.21. The summed E-state index contributed by atoms with van der Waals surface area (Å²) >= 11 is 0. The maximum absolute atomic E-state index is 2.43. The van der Waals surface area contributed by atoms with Crippen LogP contribution in [0, 0.1) is 0 Å². The van der Waals surface area contributed by atoms with Crippen molar-refractivity contribution in [2.45, 2.75) is 12.3 Å². The Morgan fingerprint density at radius 2 is 1.02 bits per heavy atom. The summed E-state index contributed by atoms with van der Waals surface area (Å²) < 4.78 is 4.84. The van der Waals surface area contributed by atoms with Crippen LogP contribution in [-0.4, -0.2) is 9.13 Å². The van der Waals surface area contributed by atoms with Gasteiger partial charge in [-0.2, -0.15) is 0 Å². The molecule has 0 fully saturated rings. The summed E-state index contributed by atoms with van der Waals surface area (Å²) in [7, 11) is 0. The van der Waals surface area contributed by atoms with Crippen molar-refractivity contribution in [1.82, 2.24) is 9.13 Å². The summed E-state index contributed by atoms with van der Waals surface area (Å²) in [5, 5.41) is 5.09. The van der Waals surface area contributed by atoms with Crippen LogP contribution in [0.5, 0.6) is 0 Å². The fourth-order valence-corrected chi connectivity index (χ4v) is 7.21. The summed E-state index contributed by atoms with van der Waals surface area (Å²) in [6.07, 6.45) is 8.02. The van der Waals surface area contributed by atoms with Gasteiger partial charge in [0.05, 0.1) is 22.1 Å². The van der Waals surface area contributed by atoms with Crippen molar-refractivity contribution in [3.8, 4) is 11.4 Å². The van der Waals surface area contributed by atoms with E-state index in [-0.39, 0.29) is 0 Å². The predicted molar refractivity (Wildman–Crippen MR) is 186 cm³/mol. The van der Waals surface area contributed by atoms with Gasteiger partial charge in [0.1, 0.15) is 0 Å². The minimum atomic E-state index is 0.338. The first-order valence-electron chi connectivity index (χ1n) is 15.4. The highest BCUT2D eigenvalue weighted by atomic mass is 15.0. The maximum Gasteiger partial charge on any atom is 0.0542 e. The zero-order valence-corrected chi connectivity index (χ0v) is 24.3. The molecule has 0 radical (unpaired) electrons. The van der Waals surface area contributed by atoms with E-state index in [9.17, 15) is 0 Å². The van der Waals surface area contributed by atoms with Crippen LogP contribution < -0.4 is 0 Å². The van der Waals surface area contributed by atoms with Crippen LogP contribution in [0.25, 0.3) is 60.6 Å². The van der Waals surface area contributed by atoms with E-state index >= 15 is 0 Å². The van der Waals surface area contributed by atoms with E-state index < -0.39 is 0 Å². The van der Waals surface area contributed by atoms with Crippen LogP contribution in [-0.2, 0) is 0 Å². The van der Waals surface area contributed by atoms with Crippen molar-refractivity contribution in [2.75, 3.05) is 0 Å². The Morgan fingerprint density at radius 1 is 0.455 bits per heavy atom. The number of rotatable bonds is 4. The average Bonchev–Trinajstić information content (AvgIpc) is 3.61. The third-order valence-corrected chi connectivity index (χ3v) is 9.23. The second-order valence-electron chi connectivity index (χ2n) is 11.8. The topological polar surface area (TPSA) is 9.86 Å². The smallest absolute Gasteiger partial charge is 0.0542 e. The van der Waals surface area contributed by atoms with Gasteiger partial charge in [-0.15, -0.1) is 0 Å². The highest BCUT2D eigenvalue weighted by Crippen LogP contribution is 2.38. The Bertz CT molecular complexity index is 2360. The van der Waals surface area contributed by atoms with Crippen LogP contribution in [0.3, 0.4) is 0 Å². The second-order valence-corrected chi connectivity index (χ2v) is 11.8. The van der Waals surface area contributed by atoms with E-state index in [2.05, 4.69) is 173 Å². The van der Waals surface area contributed by atoms with Crippen molar-refractivity contribution >= 4 is 49.2 Å². The highest BCUT2D eigenvalue weighted by molar-refractivity contribution is 6.12. The van der Waals surface area contributed by atoms with E-state index in [1.54, 1.807) is 0 Å². The lowest BCUT2D eigenvalue weighted by Crippen LogP contribution is -2.01. The molecule has 0 N–H and O–H groups in total. The van der Waals surface area contributed by atoms with E-state index in [4.69, 9.17) is 0 Å². The highest BCUT2D eigenvalue weighted by Gasteiger charge is 2.18. The minimum absolute atomic E-state index is 0.338. The van der Waals surface area contributed by atoms with Crippen LogP contribution in [0.1, 0.15) is 23.5 Å². The number of fused-ring (bicyclic) bond motifs is 6. The molecule has 0 bridgehead atoms. The summed E-state index contributed by atoms with van der Waals surface area (Å²) in [5.74, 6) is 0.338. The van der Waals surface area contributed by atoms with Crippen molar-refractivity contribution in [3.63, 3.8) is 0 Å². The molecule has 6 aromatic carbocycles. The molecule has 1 aliphatic rings. The van der Waals surface area contributed by atoms with Gasteiger partial charge >= 0.3 is 0 Å². The van der Waals surface area contributed by atoms with Gasteiger partial charge < -0.3 is 9.13 Å². The van der Waals surface area contributed by atoms with Gasteiger partial charge in [-0.1, -0.05) is 115 Å². The number of allylic oxidation sites excluding steroid dienone is 4. The van der Waals surface area contributed by atoms with E-state index in [1.807, 2.05) is 0 Å². The van der Waals surface area contributed by atoms with Gasteiger partial charge in [-0.05, 0) is 71.7 Å². The number of nitrogens with zero attached hydrogens (tertiary/aromatic N) is 2. The normalized spacial score (nSPS) is 15.0. The van der Waals surface area contributed by atoms with Crippen molar-refractivity contribution in [1.29, 1.82) is 0 Å². The van der Waals surface area contributed by atoms with Crippen LogP contribution >= 0.6 is 0 Å². The maximum atomic E-state index is 2.43. The first-order chi connectivity index (χ1) is 21.8. The van der Waals surface area contributed by atoms with E-state index in [0.717, 1.165) is 6.42 Å². The summed E-state index contributed by atoms with van der Waals surface area (Å²) in [6.45, 7) is 0. The monoisotopic (exact) mass is 562 g/mol. The van der Waals surface area contributed by atoms with Crippen LogP contribution in [0.4, 0.5) is 0 Å². The summed E-state index contributed by atoms with van der Waals surface area (Å²) in [6, 6.07) is 53.0. The lowest BCUT2D eigenvalue weighted by molar-refractivity contribution is 0.855. The number of para-hydroxylation sites is 3. The van der Waals surface area contributed by atoms with Gasteiger partial charge in [0.25, 0.3) is 0 Å². The second kappa shape index (κ2) is 10.00. The number of benzene rings is 6. The molecule has 208 valence electrons. The molecular weight excluding hydrogens is 532 g/mol. The van der Waals surface area contributed by atoms with Crippen LogP contribution in [0.2, 0.25) is 0 Å². The number of hydrogen-bond donors (Lipinski definition) is 0. The molecule has 9 rings (SSSR count). The first-order valence-corrected chi connectivity index (χ1v) is 15.4. The molecule has 2 heterocycles. The Hall–Kier alpha value is -5.60. The van der Waals surface area contributed by atoms with Gasteiger partial charge in [-0.25, -0.2) is 0 Å². The standard InChI is InChI=1S/C42H30N2/c1-2-12-29(13-3-1)30-14-10-15-31(26-30)32-16-11-17-33(27-32)43-41-23-9-6-20-37(41)38-28-34(24-25-42(38)43)44-39-21-7-4-18-35(39)36-19-5-8-22-40(36)44/h1-14,16-28,31H,15H2. The largest absolute Gasteiger partial charge is 0.309 e. The predicted octanol–water partition coefficient (Wildman–Crippen LogP) is 11.0. The van der Waals surface area contributed by atoms with Crippen molar-refractivity contribution in [3.05, 3.63) is 175 Å². The summed E-state index contributed by atoms with van der Waals surface area (Å²) in [5.41, 5.74) is 11.2. The molecule has 0 amide bonds. The molecule has 1 atom stereocenters. The molecule has 2 aromatic heterocycles. The summed E-state index contributed by atoms with van der Waals surface area (Å²) in [4.78, 5) is 0. The van der Waals surface area contributed by atoms with Crippen molar-refractivity contribution in [2.24, 2.45) is 0 Å². The van der Waals surface area contributed by atoms with Gasteiger partial charge in [0.2, 0.25) is 0 Å². The van der Waals surface area contributed by atoms with E-state index in [1.165, 1.54) is 71.7 Å². The van der Waals surface area contributed by atoms with Crippen molar-refractivity contribution < 1.29 is 0 Å². The third-order valence-electron chi connectivity index (χ3n) is 9.23. The van der Waals surface area contributed by atoms with Gasteiger partial charge in [-0.3, -0.25) is 0 Å². The molecule has 1 aliphatic carbocycles. The molecular formula is C42H30N2. The zero-order chi connectivity index (χ0) is 29.0. The van der Waals surface area contributed by atoms with E-state index in [0.29, 0.717) is 5.92 Å². The molecule has 1 unspecified atom stereocenters. The quantitative estimate of drug-likeness (QED) is 0.202. The van der Waals surface area contributed by atoms with Gasteiger partial charge in [0, 0.05) is 38.8 Å². The SMILES string of the molecule is C1=CC(c2ccccc2)=CC(c2cccc(-n3c4ccccc4c4cc(-n5c6ccccc6c6ccccc65)ccc43)c2)C1. The molecule has 0 spiro atoms. The Labute approximate surface area is 256 Å². The van der Waals surface area contributed by atoms with Gasteiger partial charge in [0.15, 0.2) is 0 Å². The first kappa shape index (κ1) is 24.9. The molecule has 0 saturated heterocycles. The Balaban J connectivity index is 1.21. The minimum Gasteiger partial charge on any atom is -0.309 e. The molecule has 8 aromatic rings.